The number of thiophene rings is 1. The molecule has 0 saturated carbocycles. The highest BCUT2D eigenvalue weighted by molar-refractivity contribution is 7.26. The van der Waals surface area contributed by atoms with Crippen molar-refractivity contribution >= 4 is 78.0 Å². The number of hydrogen-bond donors (Lipinski definition) is 0. The fourth-order valence-corrected chi connectivity index (χ4v) is 14.2. The van der Waals surface area contributed by atoms with Gasteiger partial charge in [-0.25, -0.2) is 0 Å². The zero-order chi connectivity index (χ0) is 45.5. The maximum absolute atomic E-state index is 2.83. The van der Waals surface area contributed by atoms with Crippen LogP contribution >= 0.6 is 11.3 Å². The van der Waals surface area contributed by atoms with E-state index in [1.807, 2.05) is 11.3 Å². The Hall–Kier alpha value is -5.06. The van der Waals surface area contributed by atoms with Gasteiger partial charge in [-0.3, -0.25) is 0 Å². The van der Waals surface area contributed by atoms with Crippen LogP contribution in [0.2, 0.25) is 0 Å². The first-order valence-electron chi connectivity index (χ1n) is 24.5. The molecule has 0 radical (unpaired) electrons. The molecule has 1 aromatic heterocycles. The number of nitrogens with zero attached hydrogens (tertiary/aromatic N) is 2. The molecule has 0 bridgehead atoms. The van der Waals surface area contributed by atoms with Gasteiger partial charge in [0.05, 0.1) is 16.4 Å². The van der Waals surface area contributed by atoms with Crippen molar-refractivity contribution in [3.05, 3.63) is 148 Å². The molecule has 1 unspecified atom stereocenters. The molecular formula is C61H65BN2S. The van der Waals surface area contributed by atoms with Crippen molar-refractivity contribution in [3.63, 3.8) is 0 Å². The van der Waals surface area contributed by atoms with E-state index in [0.29, 0.717) is 0 Å². The molecule has 65 heavy (non-hydrogen) atoms. The average Bonchev–Trinajstić information content (AvgIpc) is 3.64. The Morgan fingerprint density at radius 1 is 0.508 bits per heavy atom. The van der Waals surface area contributed by atoms with E-state index in [1.54, 1.807) is 11.1 Å². The summed E-state index contributed by atoms with van der Waals surface area (Å²) < 4.78 is 1.35. The monoisotopic (exact) mass is 868 g/mol. The molecule has 4 heteroatoms. The molecule has 0 saturated heterocycles. The van der Waals surface area contributed by atoms with Gasteiger partial charge in [-0.05, 0) is 155 Å². The molecule has 0 spiro atoms. The van der Waals surface area contributed by atoms with Crippen molar-refractivity contribution < 1.29 is 0 Å². The van der Waals surface area contributed by atoms with Gasteiger partial charge < -0.3 is 9.80 Å². The highest BCUT2D eigenvalue weighted by Crippen LogP contribution is 2.63. The molecule has 3 aliphatic heterocycles. The second kappa shape index (κ2) is 13.1. The lowest BCUT2D eigenvalue weighted by atomic mass is 9.32. The van der Waals surface area contributed by atoms with Crippen LogP contribution in [0.15, 0.2) is 109 Å². The Morgan fingerprint density at radius 3 is 1.82 bits per heavy atom. The van der Waals surface area contributed by atoms with Crippen molar-refractivity contribution in [3.8, 4) is 11.1 Å². The van der Waals surface area contributed by atoms with Crippen molar-refractivity contribution in [2.24, 2.45) is 0 Å². The Balaban J connectivity index is 1.25. The maximum Gasteiger partial charge on any atom is 0.254 e. The van der Waals surface area contributed by atoms with Gasteiger partial charge in [0.1, 0.15) is 0 Å². The van der Waals surface area contributed by atoms with Crippen LogP contribution in [0.4, 0.5) is 33.4 Å². The first-order chi connectivity index (χ1) is 30.6. The number of hydrogen-bond acceptors (Lipinski definition) is 3. The summed E-state index contributed by atoms with van der Waals surface area (Å²) in [5.41, 5.74) is 24.2. The van der Waals surface area contributed by atoms with E-state index in [1.165, 1.54) is 118 Å². The van der Waals surface area contributed by atoms with Gasteiger partial charge >= 0.3 is 0 Å². The summed E-state index contributed by atoms with van der Waals surface area (Å²) in [5.74, 6) is 0. The fourth-order valence-electron chi connectivity index (χ4n) is 13.0. The van der Waals surface area contributed by atoms with Crippen molar-refractivity contribution in [2.75, 3.05) is 9.80 Å². The number of rotatable bonds is 2. The summed E-state index contributed by atoms with van der Waals surface area (Å²) in [6.07, 6.45) is 4.72. The predicted molar refractivity (Wildman–Crippen MR) is 283 cm³/mol. The van der Waals surface area contributed by atoms with Crippen LogP contribution in [-0.2, 0) is 32.5 Å². The second-order valence-corrected chi connectivity index (χ2v) is 25.8. The summed E-state index contributed by atoms with van der Waals surface area (Å²) in [4.78, 5) is 5.53. The van der Waals surface area contributed by atoms with Crippen LogP contribution in [0, 0.1) is 0 Å². The average molecular weight is 869 g/mol. The zero-order valence-electron chi connectivity index (χ0n) is 41.1. The minimum atomic E-state index is -0.115. The number of fused-ring (bicyclic) bond motifs is 10. The van der Waals surface area contributed by atoms with Crippen molar-refractivity contribution in [1.29, 1.82) is 0 Å². The van der Waals surface area contributed by atoms with Crippen LogP contribution in [-0.4, -0.2) is 6.71 Å². The molecule has 0 fully saturated rings. The lowest BCUT2D eigenvalue weighted by Gasteiger charge is -2.55. The quantitative estimate of drug-likeness (QED) is 0.160. The molecule has 5 aliphatic rings. The third kappa shape index (κ3) is 5.65. The van der Waals surface area contributed by atoms with E-state index >= 15 is 0 Å². The van der Waals surface area contributed by atoms with Gasteiger partial charge in [0.25, 0.3) is 6.71 Å². The predicted octanol–water partition coefficient (Wildman–Crippen LogP) is 15.3. The zero-order valence-corrected chi connectivity index (χ0v) is 41.9. The Bertz CT molecular complexity index is 3190. The minimum absolute atomic E-state index is 0.000316. The molecule has 6 aromatic carbocycles. The van der Waals surface area contributed by atoms with E-state index in [4.69, 9.17) is 0 Å². The molecule has 2 aliphatic carbocycles. The van der Waals surface area contributed by atoms with Gasteiger partial charge in [0.2, 0.25) is 0 Å². The van der Waals surface area contributed by atoms with Gasteiger partial charge in [0.15, 0.2) is 0 Å². The standard InChI is InChI=1S/C61H65BN2S/c1-56(2,3)37-23-26-46(40(31-37)36-19-15-14-16-20-36)64-49-33-38(57(4,5)6)32-48-53(49)62(52-39-21-17-18-22-50(39)65-55(52)64)45-25-24-41-51-54(45)63(48)47-35-43-42(59(9,10)27-28-60(43,11)12)34-44(47)61(51,13)30-29-58(41,7)8/h14-26,31-35H,27-30H2,1-13H3. The lowest BCUT2D eigenvalue weighted by Crippen LogP contribution is -2.62. The maximum atomic E-state index is 2.83. The van der Waals surface area contributed by atoms with Crippen molar-refractivity contribution in [1.82, 2.24) is 0 Å². The minimum Gasteiger partial charge on any atom is -0.311 e. The molecule has 328 valence electrons. The third-order valence-electron chi connectivity index (χ3n) is 17.1. The summed E-state index contributed by atoms with van der Waals surface area (Å²) in [6.45, 7) is 32.0. The van der Waals surface area contributed by atoms with E-state index in [0.717, 1.165) is 6.42 Å². The molecule has 4 heterocycles. The molecule has 2 nitrogen and oxygen atoms in total. The molecule has 0 amide bonds. The van der Waals surface area contributed by atoms with Gasteiger partial charge in [0, 0.05) is 32.7 Å². The first kappa shape index (κ1) is 41.4. The summed E-state index contributed by atoms with van der Waals surface area (Å²) >= 11 is 1.98. The molecule has 0 N–H and O–H groups in total. The van der Waals surface area contributed by atoms with E-state index in [9.17, 15) is 0 Å². The Morgan fingerprint density at radius 2 is 1.12 bits per heavy atom. The van der Waals surface area contributed by atoms with Gasteiger partial charge in [-0.2, -0.15) is 0 Å². The topological polar surface area (TPSA) is 6.48 Å². The van der Waals surface area contributed by atoms with Crippen LogP contribution in [0.5, 0.6) is 0 Å². The van der Waals surface area contributed by atoms with Crippen LogP contribution in [0.25, 0.3) is 21.2 Å². The first-order valence-corrected chi connectivity index (χ1v) is 25.3. The van der Waals surface area contributed by atoms with E-state index < -0.39 is 0 Å². The van der Waals surface area contributed by atoms with Crippen LogP contribution in [0.1, 0.15) is 155 Å². The van der Waals surface area contributed by atoms with Gasteiger partial charge in [-0.15, -0.1) is 11.3 Å². The lowest BCUT2D eigenvalue weighted by molar-refractivity contribution is 0.327. The molecule has 12 rings (SSSR count). The van der Waals surface area contributed by atoms with Crippen LogP contribution < -0.4 is 26.2 Å². The second-order valence-electron chi connectivity index (χ2n) is 24.8. The van der Waals surface area contributed by atoms with E-state index in [-0.39, 0.29) is 39.2 Å². The Labute approximate surface area is 393 Å². The molecular weight excluding hydrogens is 804 g/mol. The van der Waals surface area contributed by atoms with Crippen LogP contribution in [0.3, 0.4) is 0 Å². The summed E-state index contributed by atoms with van der Waals surface area (Å²) in [5, 5.41) is 2.72. The summed E-state index contributed by atoms with van der Waals surface area (Å²) in [7, 11) is 0. The van der Waals surface area contributed by atoms with Crippen molar-refractivity contribution in [2.45, 2.75) is 148 Å². The third-order valence-corrected chi connectivity index (χ3v) is 18.3. The van der Waals surface area contributed by atoms with Gasteiger partial charge in [-0.1, -0.05) is 163 Å². The number of anilines is 6. The SMILES string of the molecule is CC(C)(C)c1ccc(N2c3cc(C(C)(C)C)cc4c3B(c3ccc5c6c3N4c3cc4c(cc3C6(C)CCC5(C)C)C(C)(C)CCC4(C)C)c3c2sc2ccccc32)c(-c2ccccc2)c1. The molecule has 7 aromatic rings. The highest BCUT2D eigenvalue weighted by Gasteiger charge is 2.55. The largest absolute Gasteiger partial charge is 0.311 e. The normalized spacial score (nSPS) is 20.5. The Kier molecular flexibility index (Phi) is 8.34. The number of benzene rings is 6. The smallest absolute Gasteiger partial charge is 0.254 e. The highest BCUT2D eigenvalue weighted by atomic mass is 32.1. The van der Waals surface area contributed by atoms with E-state index in [2.05, 4.69) is 209 Å². The fraction of sp³-hybridized carbons (Fsp3) is 0.377. The summed E-state index contributed by atoms with van der Waals surface area (Å²) in [6, 6.07) is 43.6. The molecule has 1 atom stereocenters.